The Kier molecular flexibility index (Phi) is 3.61. The van der Waals surface area contributed by atoms with Crippen LogP contribution in [0.3, 0.4) is 0 Å². The first-order valence-corrected chi connectivity index (χ1v) is 6.14. The van der Waals surface area contributed by atoms with Crippen molar-refractivity contribution in [1.82, 2.24) is 10.1 Å². The number of hydrogen-bond acceptors (Lipinski definition) is 3. The summed E-state index contributed by atoms with van der Waals surface area (Å²) in [6.45, 7) is 6.36. The number of carbonyl (C=O) groups is 1. The molecular weight excluding hydrogens is 216 g/mol. The van der Waals surface area contributed by atoms with Crippen LogP contribution in [0.15, 0.2) is 23.2 Å². The molecule has 1 amide bonds. The zero-order valence-corrected chi connectivity index (χ0v) is 10.2. The molecule has 0 aliphatic carbocycles. The molecule has 1 unspecified atom stereocenters. The maximum Gasteiger partial charge on any atom is 0.246 e. The van der Waals surface area contributed by atoms with Crippen LogP contribution in [0.1, 0.15) is 43.7 Å². The Morgan fingerprint density at radius 2 is 2.53 bits per heavy atom. The second-order valence-corrected chi connectivity index (χ2v) is 4.32. The molecule has 0 spiro atoms. The summed E-state index contributed by atoms with van der Waals surface area (Å²) in [5, 5.41) is 3.99. The minimum absolute atomic E-state index is 0.0239. The standard InChI is InChI=1S/C13H18N2O2/c1-3-10-9-12(17-14-10)11-7-5-6-8-15(11)13(16)4-2/h4,9,11H,2-3,5-8H2,1H3. The largest absolute Gasteiger partial charge is 0.359 e. The molecule has 0 bridgehead atoms. The van der Waals surface area contributed by atoms with Crippen molar-refractivity contribution in [2.75, 3.05) is 6.54 Å². The summed E-state index contributed by atoms with van der Waals surface area (Å²) in [5.74, 6) is 0.779. The molecule has 1 aromatic rings. The van der Waals surface area contributed by atoms with E-state index in [0.717, 1.165) is 43.7 Å². The summed E-state index contributed by atoms with van der Waals surface area (Å²) in [6, 6.07) is 1.99. The van der Waals surface area contributed by atoms with E-state index in [9.17, 15) is 4.79 Å². The maximum atomic E-state index is 11.8. The minimum atomic E-state index is -0.0239. The van der Waals surface area contributed by atoms with Crippen LogP contribution in [-0.4, -0.2) is 22.5 Å². The Bertz CT molecular complexity index is 411. The second kappa shape index (κ2) is 5.17. The highest BCUT2D eigenvalue weighted by atomic mass is 16.5. The Morgan fingerprint density at radius 3 is 3.18 bits per heavy atom. The smallest absolute Gasteiger partial charge is 0.246 e. The van der Waals surface area contributed by atoms with Crippen LogP contribution >= 0.6 is 0 Å². The SMILES string of the molecule is C=CC(=O)N1CCCCC1c1cc(CC)no1. The monoisotopic (exact) mass is 234 g/mol. The lowest BCUT2D eigenvalue weighted by molar-refractivity contribution is -0.130. The van der Waals surface area contributed by atoms with Crippen molar-refractivity contribution in [1.29, 1.82) is 0 Å². The Labute approximate surface area is 101 Å². The molecule has 0 radical (unpaired) electrons. The highest BCUT2D eigenvalue weighted by molar-refractivity contribution is 5.87. The van der Waals surface area contributed by atoms with E-state index in [1.54, 1.807) is 0 Å². The topological polar surface area (TPSA) is 46.3 Å². The molecule has 1 aliphatic rings. The third-order valence-electron chi connectivity index (χ3n) is 3.23. The molecule has 2 rings (SSSR count). The van der Waals surface area contributed by atoms with E-state index in [1.807, 2.05) is 17.9 Å². The van der Waals surface area contributed by atoms with Crippen LogP contribution in [0.25, 0.3) is 0 Å². The number of rotatable bonds is 3. The molecule has 0 N–H and O–H groups in total. The average molecular weight is 234 g/mol. The number of nitrogens with zero attached hydrogens (tertiary/aromatic N) is 2. The van der Waals surface area contributed by atoms with Gasteiger partial charge in [-0.2, -0.15) is 0 Å². The Hall–Kier alpha value is -1.58. The molecule has 1 saturated heterocycles. The van der Waals surface area contributed by atoms with Gasteiger partial charge in [0.05, 0.1) is 11.7 Å². The fraction of sp³-hybridized carbons (Fsp3) is 0.538. The van der Waals surface area contributed by atoms with Gasteiger partial charge in [0.2, 0.25) is 5.91 Å². The highest BCUT2D eigenvalue weighted by Gasteiger charge is 2.29. The van der Waals surface area contributed by atoms with E-state index >= 15 is 0 Å². The lowest BCUT2D eigenvalue weighted by atomic mass is 9.99. The van der Waals surface area contributed by atoms with E-state index < -0.39 is 0 Å². The molecule has 4 heteroatoms. The molecule has 17 heavy (non-hydrogen) atoms. The van der Waals surface area contributed by atoms with Crippen molar-refractivity contribution >= 4 is 5.91 Å². The fourth-order valence-corrected chi connectivity index (χ4v) is 2.26. The molecular formula is C13H18N2O2. The number of hydrogen-bond donors (Lipinski definition) is 0. The van der Waals surface area contributed by atoms with Gasteiger partial charge in [0.1, 0.15) is 0 Å². The summed E-state index contributed by atoms with van der Waals surface area (Å²) < 4.78 is 5.34. The number of aromatic nitrogens is 1. The van der Waals surface area contributed by atoms with Gasteiger partial charge in [0.25, 0.3) is 0 Å². The fourth-order valence-electron chi connectivity index (χ4n) is 2.26. The summed E-state index contributed by atoms with van der Waals surface area (Å²) >= 11 is 0. The van der Waals surface area contributed by atoms with Gasteiger partial charge in [0, 0.05) is 12.6 Å². The highest BCUT2D eigenvalue weighted by Crippen LogP contribution is 2.31. The molecule has 4 nitrogen and oxygen atoms in total. The maximum absolute atomic E-state index is 11.8. The van der Waals surface area contributed by atoms with Gasteiger partial charge in [-0.3, -0.25) is 4.79 Å². The third kappa shape index (κ3) is 2.40. The first kappa shape index (κ1) is 11.9. The minimum Gasteiger partial charge on any atom is -0.359 e. The number of aryl methyl sites for hydroxylation is 1. The molecule has 2 heterocycles. The van der Waals surface area contributed by atoms with E-state index in [2.05, 4.69) is 11.7 Å². The second-order valence-electron chi connectivity index (χ2n) is 4.32. The van der Waals surface area contributed by atoms with Gasteiger partial charge in [-0.25, -0.2) is 0 Å². The van der Waals surface area contributed by atoms with Gasteiger partial charge in [-0.05, 0) is 31.8 Å². The summed E-state index contributed by atoms with van der Waals surface area (Å²) in [7, 11) is 0. The molecule has 0 saturated carbocycles. The van der Waals surface area contributed by atoms with Crippen molar-refractivity contribution in [2.45, 2.75) is 38.6 Å². The van der Waals surface area contributed by atoms with Gasteiger partial charge in [-0.1, -0.05) is 18.7 Å². The van der Waals surface area contributed by atoms with Gasteiger partial charge < -0.3 is 9.42 Å². The van der Waals surface area contributed by atoms with Crippen molar-refractivity contribution in [3.63, 3.8) is 0 Å². The van der Waals surface area contributed by atoms with Crippen LogP contribution in [-0.2, 0) is 11.2 Å². The molecule has 1 atom stereocenters. The first-order valence-electron chi connectivity index (χ1n) is 6.14. The van der Waals surface area contributed by atoms with E-state index in [1.165, 1.54) is 6.08 Å². The van der Waals surface area contributed by atoms with Gasteiger partial charge in [0.15, 0.2) is 5.76 Å². The number of piperidine rings is 1. The molecule has 92 valence electrons. The van der Waals surface area contributed by atoms with Crippen LogP contribution in [0.2, 0.25) is 0 Å². The Balaban J connectivity index is 2.21. The van der Waals surface area contributed by atoms with Crippen LogP contribution in [0, 0.1) is 0 Å². The molecule has 1 aromatic heterocycles. The third-order valence-corrected chi connectivity index (χ3v) is 3.23. The van der Waals surface area contributed by atoms with Gasteiger partial charge in [-0.15, -0.1) is 0 Å². The summed E-state index contributed by atoms with van der Waals surface area (Å²) in [6.07, 6.45) is 5.33. The lowest BCUT2D eigenvalue weighted by Crippen LogP contribution is -2.37. The van der Waals surface area contributed by atoms with E-state index in [-0.39, 0.29) is 11.9 Å². The van der Waals surface area contributed by atoms with E-state index in [4.69, 9.17) is 4.52 Å². The predicted octanol–water partition coefficient (Wildman–Crippen LogP) is 2.48. The molecule has 1 fully saturated rings. The summed E-state index contributed by atoms with van der Waals surface area (Å²) in [5.41, 5.74) is 0.941. The van der Waals surface area contributed by atoms with Crippen molar-refractivity contribution in [3.05, 3.63) is 30.2 Å². The van der Waals surface area contributed by atoms with Crippen molar-refractivity contribution < 1.29 is 9.32 Å². The zero-order valence-electron chi connectivity index (χ0n) is 10.2. The van der Waals surface area contributed by atoms with Crippen molar-refractivity contribution in [3.8, 4) is 0 Å². The summed E-state index contributed by atoms with van der Waals surface area (Å²) in [4.78, 5) is 13.6. The lowest BCUT2D eigenvalue weighted by Gasteiger charge is -2.33. The zero-order chi connectivity index (χ0) is 12.3. The van der Waals surface area contributed by atoms with Gasteiger partial charge >= 0.3 is 0 Å². The molecule has 1 aliphatic heterocycles. The van der Waals surface area contributed by atoms with E-state index in [0.29, 0.717) is 0 Å². The average Bonchev–Trinajstić information content (AvgIpc) is 2.86. The number of likely N-dealkylation sites (tertiary alicyclic amines) is 1. The first-order chi connectivity index (χ1) is 8.26. The van der Waals surface area contributed by atoms with Crippen molar-refractivity contribution in [2.24, 2.45) is 0 Å². The number of amides is 1. The predicted molar refractivity (Wildman–Crippen MR) is 64.4 cm³/mol. The van der Waals surface area contributed by atoms with Crippen LogP contribution in [0.4, 0.5) is 0 Å². The Morgan fingerprint density at radius 1 is 1.71 bits per heavy atom. The molecule has 0 aromatic carbocycles. The van der Waals surface area contributed by atoms with Crippen LogP contribution in [0.5, 0.6) is 0 Å². The normalized spacial score (nSPS) is 20.3. The number of carbonyl (C=O) groups excluding carboxylic acids is 1. The quantitative estimate of drug-likeness (QED) is 0.755. The van der Waals surface area contributed by atoms with Crippen LogP contribution < -0.4 is 0 Å².